The van der Waals surface area contributed by atoms with Gasteiger partial charge in [0.1, 0.15) is 5.82 Å². The van der Waals surface area contributed by atoms with Gasteiger partial charge in [-0.25, -0.2) is 9.97 Å². The van der Waals surface area contributed by atoms with Crippen molar-refractivity contribution in [2.75, 3.05) is 0 Å². The number of alkyl halides is 3. The number of aromatic nitrogens is 3. The Bertz CT molecular complexity index is 811. The first-order valence-electron chi connectivity index (χ1n) is 6.53. The maximum atomic E-state index is 12.7. The third-order valence-electron chi connectivity index (χ3n) is 3.11. The van der Waals surface area contributed by atoms with E-state index in [1.807, 2.05) is 19.1 Å². The average molecular weight is 323 g/mol. The number of benzene rings is 1. The van der Waals surface area contributed by atoms with Crippen LogP contribution in [0.25, 0.3) is 11.0 Å². The van der Waals surface area contributed by atoms with Crippen LogP contribution in [-0.2, 0) is 11.9 Å². The first-order chi connectivity index (χ1) is 10.4. The van der Waals surface area contributed by atoms with Crippen molar-refractivity contribution in [3.05, 3.63) is 53.5 Å². The van der Waals surface area contributed by atoms with Gasteiger partial charge in [0.05, 0.1) is 27.4 Å². The number of nitrogens with zero attached hydrogens (tertiary/aromatic N) is 2. The summed E-state index contributed by atoms with van der Waals surface area (Å²) in [6.07, 6.45) is -2.62. The molecule has 0 aliphatic heterocycles. The van der Waals surface area contributed by atoms with Crippen molar-refractivity contribution < 1.29 is 13.2 Å². The monoisotopic (exact) mass is 323 g/mol. The number of hydrogen-bond acceptors (Lipinski definition) is 3. The molecule has 0 fully saturated rings. The van der Waals surface area contributed by atoms with Gasteiger partial charge in [-0.15, -0.1) is 0 Å². The summed E-state index contributed by atoms with van der Waals surface area (Å²) in [7, 11) is 0. The first-order valence-corrected chi connectivity index (χ1v) is 7.52. The number of fused-ring (bicyclic) bond motifs is 1. The fraction of sp³-hybridized carbons (Fsp3) is 0.200. The Balaban J connectivity index is 1.80. The lowest BCUT2D eigenvalue weighted by atomic mass is 10.2. The molecule has 0 unspecified atom stereocenters. The van der Waals surface area contributed by atoms with Crippen LogP contribution in [0.4, 0.5) is 13.2 Å². The minimum atomic E-state index is -4.35. The SMILES string of the molecule is Cc1ccnc(SCc2nc3ccc(C(F)(F)F)cc3[nH]2)c1. The van der Waals surface area contributed by atoms with Gasteiger partial charge in [-0.2, -0.15) is 13.2 Å². The smallest absolute Gasteiger partial charge is 0.341 e. The average Bonchev–Trinajstić information content (AvgIpc) is 2.86. The second-order valence-corrected chi connectivity index (χ2v) is 5.87. The molecule has 2 heterocycles. The van der Waals surface area contributed by atoms with Crippen molar-refractivity contribution in [2.45, 2.75) is 23.9 Å². The van der Waals surface area contributed by atoms with Gasteiger partial charge in [0, 0.05) is 6.20 Å². The molecule has 3 aromatic rings. The van der Waals surface area contributed by atoms with E-state index in [0.29, 0.717) is 22.6 Å². The molecule has 0 spiro atoms. The Kier molecular flexibility index (Phi) is 3.82. The fourth-order valence-electron chi connectivity index (χ4n) is 2.04. The number of pyridine rings is 1. The Morgan fingerprint density at radius 1 is 1.18 bits per heavy atom. The molecule has 0 aliphatic carbocycles. The molecule has 114 valence electrons. The van der Waals surface area contributed by atoms with Crippen LogP contribution in [0.1, 0.15) is 17.0 Å². The number of imidazole rings is 1. The van der Waals surface area contributed by atoms with Crippen LogP contribution in [0.5, 0.6) is 0 Å². The molecule has 0 saturated heterocycles. The molecule has 1 aromatic carbocycles. The van der Waals surface area contributed by atoms with Gasteiger partial charge >= 0.3 is 6.18 Å². The molecule has 0 atom stereocenters. The summed E-state index contributed by atoms with van der Waals surface area (Å²) in [5.41, 5.74) is 1.35. The van der Waals surface area contributed by atoms with Gasteiger partial charge in [0.2, 0.25) is 0 Å². The summed E-state index contributed by atoms with van der Waals surface area (Å²) in [6.45, 7) is 1.98. The zero-order chi connectivity index (χ0) is 15.7. The van der Waals surface area contributed by atoms with Gasteiger partial charge in [-0.3, -0.25) is 0 Å². The summed E-state index contributed by atoms with van der Waals surface area (Å²) in [6, 6.07) is 7.37. The molecule has 7 heteroatoms. The van der Waals surface area contributed by atoms with Crippen molar-refractivity contribution >= 4 is 22.8 Å². The highest BCUT2D eigenvalue weighted by Crippen LogP contribution is 2.31. The Morgan fingerprint density at radius 2 is 2.00 bits per heavy atom. The Hall–Kier alpha value is -2.02. The summed E-state index contributed by atoms with van der Waals surface area (Å²) >= 11 is 1.49. The van der Waals surface area contributed by atoms with Crippen molar-refractivity contribution in [2.24, 2.45) is 0 Å². The summed E-state index contributed by atoms with van der Waals surface area (Å²) in [5.74, 6) is 1.15. The number of aromatic amines is 1. The highest BCUT2D eigenvalue weighted by atomic mass is 32.2. The van der Waals surface area contributed by atoms with Crippen LogP contribution in [0.15, 0.2) is 41.6 Å². The number of halogens is 3. The first kappa shape index (κ1) is 14.9. The summed E-state index contributed by atoms with van der Waals surface area (Å²) < 4.78 is 38.0. The third kappa shape index (κ3) is 3.24. The lowest BCUT2D eigenvalue weighted by Gasteiger charge is -2.05. The van der Waals surface area contributed by atoms with E-state index in [0.717, 1.165) is 22.7 Å². The van der Waals surface area contributed by atoms with Crippen LogP contribution in [0, 0.1) is 6.92 Å². The fourth-order valence-corrected chi connectivity index (χ4v) is 2.86. The van der Waals surface area contributed by atoms with Gasteiger partial charge < -0.3 is 4.98 Å². The number of rotatable bonds is 3. The Labute approximate surface area is 129 Å². The lowest BCUT2D eigenvalue weighted by Crippen LogP contribution is -2.04. The molecular formula is C15H12F3N3S. The maximum Gasteiger partial charge on any atom is 0.416 e. The number of nitrogens with one attached hydrogen (secondary N) is 1. The number of hydrogen-bond donors (Lipinski definition) is 1. The van der Waals surface area contributed by atoms with E-state index in [-0.39, 0.29) is 0 Å². The molecule has 3 rings (SSSR count). The van der Waals surface area contributed by atoms with Crippen LogP contribution < -0.4 is 0 Å². The standard InChI is InChI=1S/C15H12F3N3S/c1-9-4-5-19-14(6-9)22-8-13-20-11-3-2-10(15(16,17)18)7-12(11)21-13/h2-7H,8H2,1H3,(H,20,21). The van der Waals surface area contributed by atoms with Crippen molar-refractivity contribution in [3.63, 3.8) is 0 Å². The van der Waals surface area contributed by atoms with Crippen molar-refractivity contribution in [1.82, 2.24) is 15.0 Å². The normalized spacial score (nSPS) is 12.0. The van der Waals surface area contributed by atoms with E-state index in [4.69, 9.17) is 0 Å². The van der Waals surface area contributed by atoms with Gasteiger partial charge in [-0.1, -0.05) is 11.8 Å². The van der Waals surface area contributed by atoms with Crippen molar-refractivity contribution in [3.8, 4) is 0 Å². The number of thioether (sulfide) groups is 1. The van der Waals surface area contributed by atoms with Crippen LogP contribution in [0.2, 0.25) is 0 Å². The van der Waals surface area contributed by atoms with Crippen molar-refractivity contribution in [1.29, 1.82) is 0 Å². The molecule has 0 bridgehead atoms. The predicted octanol–water partition coefficient (Wildman–Crippen LogP) is 4.58. The molecular weight excluding hydrogens is 311 g/mol. The zero-order valence-electron chi connectivity index (χ0n) is 11.6. The quantitative estimate of drug-likeness (QED) is 0.718. The minimum Gasteiger partial charge on any atom is -0.341 e. The highest BCUT2D eigenvalue weighted by molar-refractivity contribution is 7.98. The van der Waals surface area contributed by atoms with E-state index in [2.05, 4.69) is 15.0 Å². The summed E-state index contributed by atoms with van der Waals surface area (Å²) in [5, 5.41) is 0.858. The molecule has 2 aromatic heterocycles. The van der Waals surface area contributed by atoms with E-state index < -0.39 is 11.7 Å². The minimum absolute atomic E-state index is 0.391. The molecule has 22 heavy (non-hydrogen) atoms. The van der Waals surface area contributed by atoms with E-state index in [9.17, 15) is 13.2 Å². The van der Waals surface area contributed by atoms with E-state index in [1.54, 1.807) is 6.20 Å². The Morgan fingerprint density at radius 3 is 2.73 bits per heavy atom. The lowest BCUT2D eigenvalue weighted by molar-refractivity contribution is -0.137. The number of H-pyrrole nitrogens is 1. The van der Waals surface area contributed by atoms with Crippen LogP contribution >= 0.6 is 11.8 Å². The van der Waals surface area contributed by atoms with E-state index >= 15 is 0 Å². The van der Waals surface area contributed by atoms with Crippen LogP contribution in [-0.4, -0.2) is 15.0 Å². The molecule has 1 N–H and O–H groups in total. The molecule has 3 nitrogen and oxygen atoms in total. The van der Waals surface area contributed by atoms with Gasteiger partial charge in [0.25, 0.3) is 0 Å². The highest BCUT2D eigenvalue weighted by Gasteiger charge is 2.30. The second-order valence-electron chi connectivity index (χ2n) is 4.87. The largest absolute Gasteiger partial charge is 0.416 e. The topological polar surface area (TPSA) is 41.6 Å². The van der Waals surface area contributed by atoms with Crippen LogP contribution in [0.3, 0.4) is 0 Å². The maximum absolute atomic E-state index is 12.7. The third-order valence-corrected chi connectivity index (χ3v) is 4.04. The van der Waals surface area contributed by atoms with Gasteiger partial charge in [0.15, 0.2) is 0 Å². The predicted molar refractivity (Wildman–Crippen MR) is 79.6 cm³/mol. The summed E-state index contributed by atoms with van der Waals surface area (Å²) in [4.78, 5) is 11.5. The second kappa shape index (κ2) is 5.64. The molecule has 0 saturated carbocycles. The van der Waals surface area contributed by atoms with Gasteiger partial charge in [-0.05, 0) is 42.8 Å². The van der Waals surface area contributed by atoms with E-state index in [1.165, 1.54) is 17.8 Å². The molecule has 0 radical (unpaired) electrons. The zero-order valence-corrected chi connectivity index (χ0v) is 12.4. The molecule has 0 amide bonds. The molecule has 0 aliphatic rings. The number of aryl methyl sites for hydroxylation is 1.